The zero-order valence-corrected chi connectivity index (χ0v) is 10.7. The maximum Gasteiger partial charge on any atom is 0.225 e. The first-order valence-electron chi connectivity index (χ1n) is 6.57. The summed E-state index contributed by atoms with van der Waals surface area (Å²) in [7, 11) is 0. The van der Waals surface area contributed by atoms with Crippen molar-refractivity contribution in [1.29, 1.82) is 0 Å². The van der Waals surface area contributed by atoms with Gasteiger partial charge in [-0.25, -0.2) is 9.97 Å². The number of hydrogen-bond donors (Lipinski definition) is 1. The molecule has 2 aromatic rings. The number of piperidine rings is 1. The predicted octanol–water partition coefficient (Wildman–Crippen LogP) is 1.47. The highest BCUT2D eigenvalue weighted by atomic mass is 15.3. The molecule has 1 saturated heterocycles. The van der Waals surface area contributed by atoms with E-state index in [1.54, 1.807) is 12.4 Å². The third kappa shape index (κ3) is 2.71. The molecule has 0 bridgehead atoms. The molecule has 19 heavy (non-hydrogen) atoms. The van der Waals surface area contributed by atoms with Crippen LogP contribution >= 0.6 is 0 Å². The van der Waals surface area contributed by atoms with E-state index in [1.807, 2.05) is 24.4 Å². The largest absolute Gasteiger partial charge is 0.341 e. The third-order valence-electron chi connectivity index (χ3n) is 3.44. The summed E-state index contributed by atoms with van der Waals surface area (Å²) in [6.07, 6.45) is 7.37. The van der Waals surface area contributed by atoms with Gasteiger partial charge in [0.2, 0.25) is 5.95 Å². The van der Waals surface area contributed by atoms with Crippen LogP contribution in [0.2, 0.25) is 0 Å². The van der Waals surface area contributed by atoms with Crippen LogP contribution in [0.4, 0.5) is 5.95 Å². The molecule has 3 rings (SSSR count). The van der Waals surface area contributed by atoms with Crippen molar-refractivity contribution >= 4 is 5.95 Å². The van der Waals surface area contributed by atoms with Crippen molar-refractivity contribution in [2.45, 2.75) is 18.9 Å². The lowest BCUT2D eigenvalue weighted by atomic mass is 10.1. The van der Waals surface area contributed by atoms with Gasteiger partial charge in [-0.2, -0.15) is 0 Å². The van der Waals surface area contributed by atoms with Crippen molar-refractivity contribution in [3.63, 3.8) is 0 Å². The minimum absolute atomic E-state index is 0.319. The van der Waals surface area contributed by atoms with E-state index in [1.165, 1.54) is 0 Å². The lowest BCUT2D eigenvalue weighted by Crippen LogP contribution is -2.40. The molecule has 1 aliphatic heterocycles. The highest BCUT2D eigenvalue weighted by molar-refractivity contribution is 5.59. The molecule has 3 heterocycles. The molecule has 0 aliphatic carbocycles. The van der Waals surface area contributed by atoms with Gasteiger partial charge in [-0.05, 0) is 31.0 Å². The second-order valence-electron chi connectivity index (χ2n) is 4.80. The maximum atomic E-state index is 5.92. The Morgan fingerprint density at radius 2 is 1.79 bits per heavy atom. The van der Waals surface area contributed by atoms with Crippen LogP contribution in [0.5, 0.6) is 0 Å². The summed E-state index contributed by atoms with van der Waals surface area (Å²) in [5, 5.41) is 0. The highest BCUT2D eigenvalue weighted by Gasteiger charge is 2.18. The summed E-state index contributed by atoms with van der Waals surface area (Å²) >= 11 is 0. The molecule has 0 atom stereocenters. The fourth-order valence-electron chi connectivity index (χ4n) is 2.28. The SMILES string of the molecule is NC1CCN(c2nccc(-c3ccncc3)n2)CC1. The summed E-state index contributed by atoms with van der Waals surface area (Å²) < 4.78 is 0. The van der Waals surface area contributed by atoms with E-state index in [0.717, 1.165) is 43.1 Å². The molecule has 0 radical (unpaired) electrons. The predicted molar refractivity (Wildman–Crippen MR) is 74.7 cm³/mol. The number of aromatic nitrogens is 3. The van der Waals surface area contributed by atoms with Crippen molar-refractivity contribution in [3.05, 3.63) is 36.8 Å². The quantitative estimate of drug-likeness (QED) is 0.880. The molecule has 98 valence electrons. The van der Waals surface area contributed by atoms with E-state index >= 15 is 0 Å². The smallest absolute Gasteiger partial charge is 0.225 e. The molecule has 1 aliphatic rings. The van der Waals surface area contributed by atoms with Crippen LogP contribution in [0, 0.1) is 0 Å². The number of anilines is 1. The van der Waals surface area contributed by atoms with E-state index in [-0.39, 0.29) is 0 Å². The van der Waals surface area contributed by atoms with Gasteiger partial charge in [-0.3, -0.25) is 4.98 Å². The summed E-state index contributed by atoms with van der Waals surface area (Å²) in [6.45, 7) is 1.86. The van der Waals surface area contributed by atoms with Crippen LogP contribution in [0.1, 0.15) is 12.8 Å². The van der Waals surface area contributed by atoms with Crippen LogP contribution < -0.4 is 10.6 Å². The molecule has 0 spiro atoms. The fourth-order valence-corrected chi connectivity index (χ4v) is 2.28. The Morgan fingerprint density at radius 3 is 2.53 bits per heavy atom. The fraction of sp³-hybridized carbons (Fsp3) is 0.357. The van der Waals surface area contributed by atoms with Gasteiger partial charge in [0.05, 0.1) is 5.69 Å². The first-order valence-corrected chi connectivity index (χ1v) is 6.57. The second kappa shape index (κ2) is 5.32. The monoisotopic (exact) mass is 255 g/mol. The zero-order chi connectivity index (χ0) is 13.1. The molecule has 0 saturated carbocycles. The van der Waals surface area contributed by atoms with Crippen molar-refractivity contribution in [2.24, 2.45) is 5.73 Å². The molecular weight excluding hydrogens is 238 g/mol. The number of rotatable bonds is 2. The molecule has 1 fully saturated rings. The lowest BCUT2D eigenvalue weighted by Gasteiger charge is -2.30. The van der Waals surface area contributed by atoms with E-state index < -0.39 is 0 Å². The summed E-state index contributed by atoms with van der Waals surface area (Å²) in [6, 6.07) is 6.16. The number of hydrogen-bond acceptors (Lipinski definition) is 5. The van der Waals surface area contributed by atoms with Crippen LogP contribution in [0.25, 0.3) is 11.3 Å². The van der Waals surface area contributed by atoms with E-state index in [0.29, 0.717) is 6.04 Å². The Hall–Kier alpha value is -2.01. The molecule has 0 unspecified atom stereocenters. The van der Waals surface area contributed by atoms with Crippen molar-refractivity contribution in [2.75, 3.05) is 18.0 Å². The molecule has 2 N–H and O–H groups in total. The molecule has 5 nitrogen and oxygen atoms in total. The van der Waals surface area contributed by atoms with E-state index in [4.69, 9.17) is 5.73 Å². The lowest BCUT2D eigenvalue weighted by molar-refractivity contribution is 0.495. The first kappa shape index (κ1) is 12.0. The van der Waals surface area contributed by atoms with E-state index in [2.05, 4.69) is 19.9 Å². The molecular formula is C14H17N5. The van der Waals surface area contributed by atoms with Gasteiger partial charge in [0.15, 0.2) is 0 Å². The summed E-state index contributed by atoms with van der Waals surface area (Å²) in [4.78, 5) is 15.2. The molecule has 0 amide bonds. The normalized spacial score (nSPS) is 16.6. The Morgan fingerprint density at radius 1 is 1.05 bits per heavy atom. The van der Waals surface area contributed by atoms with Gasteiger partial charge in [0.1, 0.15) is 0 Å². The highest BCUT2D eigenvalue weighted by Crippen LogP contribution is 2.20. The van der Waals surface area contributed by atoms with Crippen LogP contribution in [0.15, 0.2) is 36.8 Å². The van der Waals surface area contributed by atoms with Gasteiger partial charge < -0.3 is 10.6 Å². The number of pyridine rings is 1. The Bertz CT molecular complexity index is 535. The van der Waals surface area contributed by atoms with Gasteiger partial charge in [0.25, 0.3) is 0 Å². The van der Waals surface area contributed by atoms with Crippen molar-refractivity contribution < 1.29 is 0 Å². The molecule has 2 aromatic heterocycles. The summed E-state index contributed by atoms with van der Waals surface area (Å²) in [5.74, 6) is 0.793. The standard InChI is InChI=1S/C14H17N5/c15-12-4-9-19(10-5-12)14-17-8-3-13(18-14)11-1-6-16-7-2-11/h1-3,6-8,12H,4-5,9-10,15H2. The third-order valence-corrected chi connectivity index (χ3v) is 3.44. The molecule has 0 aromatic carbocycles. The first-order chi connectivity index (χ1) is 9.33. The van der Waals surface area contributed by atoms with Crippen molar-refractivity contribution in [1.82, 2.24) is 15.0 Å². The average molecular weight is 255 g/mol. The minimum atomic E-state index is 0.319. The van der Waals surface area contributed by atoms with Crippen LogP contribution in [-0.2, 0) is 0 Å². The zero-order valence-electron chi connectivity index (χ0n) is 10.7. The number of nitrogens with two attached hydrogens (primary N) is 1. The Labute approximate surface area is 112 Å². The Kier molecular flexibility index (Phi) is 3.37. The Balaban J connectivity index is 1.84. The van der Waals surface area contributed by atoms with Gasteiger partial charge in [0, 0.05) is 43.3 Å². The molecule has 5 heteroatoms. The minimum Gasteiger partial charge on any atom is -0.341 e. The summed E-state index contributed by atoms with van der Waals surface area (Å²) in [5.41, 5.74) is 7.92. The van der Waals surface area contributed by atoms with Crippen LogP contribution in [-0.4, -0.2) is 34.1 Å². The maximum absolute atomic E-state index is 5.92. The number of nitrogens with zero attached hydrogens (tertiary/aromatic N) is 4. The average Bonchev–Trinajstić information content (AvgIpc) is 2.49. The van der Waals surface area contributed by atoms with Gasteiger partial charge >= 0.3 is 0 Å². The van der Waals surface area contributed by atoms with Gasteiger partial charge in [-0.1, -0.05) is 0 Å². The van der Waals surface area contributed by atoms with Crippen LogP contribution in [0.3, 0.4) is 0 Å². The topological polar surface area (TPSA) is 67.9 Å². The van der Waals surface area contributed by atoms with Crippen molar-refractivity contribution in [3.8, 4) is 11.3 Å². The van der Waals surface area contributed by atoms with Gasteiger partial charge in [-0.15, -0.1) is 0 Å². The van der Waals surface area contributed by atoms with E-state index in [9.17, 15) is 0 Å². The second-order valence-corrected chi connectivity index (χ2v) is 4.80.